The summed E-state index contributed by atoms with van der Waals surface area (Å²) in [4.78, 5) is 17.7. The molecule has 0 aliphatic carbocycles. The van der Waals surface area contributed by atoms with Crippen molar-refractivity contribution in [2.75, 3.05) is 24.7 Å². The zero-order valence-electron chi connectivity index (χ0n) is 22.6. The average molecular weight is 588 g/mol. The van der Waals surface area contributed by atoms with Crippen LogP contribution >= 0.6 is 0 Å². The molecule has 0 atom stereocenters. The quantitative estimate of drug-likeness (QED) is 0.235. The maximum Gasteiger partial charge on any atom is 0.255 e. The van der Waals surface area contributed by atoms with E-state index in [4.69, 9.17) is 8.83 Å². The van der Waals surface area contributed by atoms with Crippen LogP contribution in [-0.4, -0.2) is 39.7 Å². The summed E-state index contributed by atoms with van der Waals surface area (Å²) < 4.78 is 65.5. The normalized spacial score (nSPS) is 11.7. The van der Waals surface area contributed by atoms with Gasteiger partial charge in [-0.25, -0.2) is 22.2 Å². The molecule has 6 aromatic rings. The number of hydrogen-bond acceptors (Lipinski definition) is 6. The number of halogens is 2. The third-order valence-corrected chi connectivity index (χ3v) is 8.18. The molecule has 0 saturated carbocycles. The number of nitrogens with one attached hydrogen (secondary N) is 1. The molecular formula is C31H23F2N3O5S. The number of sulfonamides is 1. The lowest BCUT2D eigenvalue weighted by Crippen LogP contribution is -2.25. The minimum Gasteiger partial charge on any atom is -0.455 e. The molecule has 1 N–H and O–H groups in total. The number of fused-ring (bicyclic) bond motifs is 2. The molecule has 0 unspecified atom stereocenters. The van der Waals surface area contributed by atoms with Crippen molar-refractivity contribution in [1.82, 2.24) is 10.3 Å². The molecule has 4 aromatic carbocycles. The van der Waals surface area contributed by atoms with Gasteiger partial charge in [0.05, 0.1) is 17.5 Å². The summed E-state index contributed by atoms with van der Waals surface area (Å²) >= 11 is 0. The Morgan fingerprint density at radius 2 is 1.45 bits per heavy atom. The highest BCUT2D eigenvalue weighted by Gasteiger charge is 2.26. The van der Waals surface area contributed by atoms with Crippen LogP contribution in [0.25, 0.3) is 56.0 Å². The first-order valence-corrected chi connectivity index (χ1v) is 14.6. The number of furan rings is 1. The zero-order chi connectivity index (χ0) is 29.8. The number of nitrogens with zero attached hydrogens (tertiary/aromatic N) is 2. The van der Waals surface area contributed by atoms with E-state index in [0.29, 0.717) is 50.3 Å². The van der Waals surface area contributed by atoms with Crippen LogP contribution in [0.5, 0.6) is 0 Å². The standard InChI is InChI=1S/C31H23F2N3O5S/c1-34-30(37)28-23-15-22(19-8-13-26-24(14-19)35-31(41-26)18-6-11-21(33)12-7-18)25(36(2)42(3,38)39)16-27(23)40-29(28)17-4-9-20(32)10-5-17/h4-16H,1-3H3,(H,34,37). The Balaban J connectivity index is 1.59. The fraction of sp³-hybridized carbons (Fsp3) is 0.0968. The Bertz CT molecular complexity index is 2100. The molecule has 6 rings (SSSR count). The minimum absolute atomic E-state index is 0.213. The average Bonchev–Trinajstić information content (AvgIpc) is 3.57. The summed E-state index contributed by atoms with van der Waals surface area (Å²) in [5, 5.41) is 3.05. The van der Waals surface area contributed by atoms with E-state index >= 15 is 0 Å². The number of carbonyl (C=O) groups is 1. The second-order valence-corrected chi connectivity index (χ2v) is 11.7. The molecule has 0 bridgehead atoms. The second-order valence-electron chi connectivity index (χ2n) is 9.70. The second kappa shape index (κ2) is 10.1. The van der Waals surface area contributed by atoms with Crippen LogP contribution in [0.2, 0.25) is 0 Å². The van der Waals surface area contributed by atoms with Crippen LogP contribution in [0.15, 0.2) is 87.7 Å². The topological polar surface area (TPSA) is 106 Å². The lowest BCUT2D eigenvalue weighted by molar-refractivity contribution is 0.0964. The molecule has 0 saturated heterocycles. The van der Waals surface area contributed by atoms with Gasteiger partial charge >= 0.3 is 0 Å². The fourth-order valence-electron chi connectivity index (χ4n) is 4.77. The van der Waals surface area contributed by atoms with Crippen LogP contribution in [0.4, 0.5) is 14.5 Å². The van der Waals surface area contributed by atoms with Crippen molar-refractivity contribution in [2.24, 2.45) is 0 Å². The van der Waals surface area contributed by atoms with Gasteiger partial charge in [-0.1, -0.05) is 6.07 Å². The van der Waals surface area contributed by atoms with Gasteiger partial charge in [-0.15, -0.1) is 0 Å². The van der Waals surface area contributed by atoms with E-state index < -0.39 is 21.7 Å². The number of rotatable bonds is 6. The Kier molecular flexibility index (Phi) is 6.53. The third-order valence-electron chi connectivity index (χ3n) is 6.99. The summed E-state index contributed by atoms with van der Waals surface area (Å²) in [7, 11) is -0.801. The predicted octanol–water partition coefficient (Wildman–Crippen LogP) is 6.61. The number of anilines is 1. The Labute approximate surface area is 239 Å². The summed E-state index contributed by atoms with van der Waals surface area (Å²) in [6.45, 7) is 0. The van der Waals surface area contributed by atoms with Gasteiger partial charge in [0.25, 0.3) is 5.91 Å². The first kappa shape index (κ1) is 27.2. The number of amides is 1. The first-order valence-electron chi connectivity index (χ1n) is 12.7. The zero-order valence-corrected chi connectivity index (χ0v) is 23.4. The van der Waals surface area contributed by atoms with E-state index in [9.17, 15) is 22.0 Å². The monoisotopic (exact) mass is 587 g/mol. The van der Waals surface area contributed by atoms with Crippen molar-refractivity contribution in [3.63, 3.8) is 0 Å². The molecule has 0 spiro atoms. The highest BCUT2D eigenvalue weighted by Crippen LogP contribution is 2.42. The fourth-order valence-corrected chi connectivity index (χ4v) is 5.28. The Hall–Kier alpha value is -5.03. The van der Waals surface area contributed by atoms with E-state index in [1.54, 1.807) is 42.5 Å². The number of benzene rings is 4. The van der Waals surface area contributed by atoms with E-state index in [-0.39, 0.29) is 22.7 Å². The lowest BCUT2D eigenvalue weighted by Gasteiger charge is -2.20. The molecule has 2 aromatic heterocycles. The highest BCUT2D eigenvalue weighted by molar-refractivity contribution is 7.92. The molecule has 42 heavy (non-hydrogen) atoms. The van der Waals surface area contributed by atoms with E-state index in [1.807, 2.05) is 0 Å². The number of carbonyl (C=O) groups excluding carboxylic acids is 1. The van der Waals surface area contributed by atoms with E-state index in [2.05, 4.69) is 10.3 Å². The first-order chi connectivity index (χ1) is 20.0. The molecule has 0 fully saturated rings. The molecule has 1 amide bonds. The van der Waals surface area contributed by atoms with Crippen LogP contribution in [-0.2, 0) is 10.0 Å². The maximum absolute atomic E-state index is 13.7. The van der Waals surface area contributed by atoms with Gasteiger partial charge in [0.2, 0.25) is 15.9 Å². The number of hydrogen-bond donors (Lipinski definition) is 1. The lowest BCUT2D eigenvalue weighted by atomic mass is 9.98. The van der Waals surface area contributed by atoms with Crippen molar-refractivity contribution in [3.05, 3.63) is 96.1 Å². The summed E-state index contributed by atoms with van der Waals surface area (Å²) in [5.41, 5.74) is 3.91. The van der Waals surface area contributed by atoms with Crippen molar-refractivity contribution >= 4 is 43.7 Å². The SMILES string of the molecule is CNC(=O)c1c(-c2ccc(F)cc2)oc2cc(N(C)S(C)(=O)=O)c(-c3ccc4oc(-c5ccc(F)cc5)nc4c3)cc12. The summed E-state index contributed by atoms with van der Waals surface area (Å²) in [6.07, 6.45) is 1.08. The van der Waals surface area contributed by atoms with Gasteiger partial charge in [-0.3, -0.25) is 9.10 Å². The van der Waals surface area contributed by atoms with Crippen LogP contribution in [0, 0.1) is 11.6 Å². The van der Waals surface area contributed by atoms with E-state index in [0.717, 1.165) is 10.6 Å². The molecule has 0 aliphatic heterocycles. The van der Waals surface area contributed by atoms with Crippen molar-refractivity contribution in [2.45, 2.75) is 0 Å². The summed E-state index contributed by atoms with van der Waals surface area (Å²) in [5.74, 6) is -0.745. The highest BCUT2D eigenvalue weighted by atomic mass is 32.2. The van der Waals surface area contributed by atoms with Gasteiger partial charge in [-0.05, 0) is 72.3 Å². The maximum atomic E-state index is 13.7. The van der Waals surface area contributed by atoms with Crippen LogP contribution in [0.1, 0.15) is 10.4 Å². The molecule has 0 radical (unpaired) electrons. The van der Waals surface area contributed by atoms with Gasteiger partial charge < -0.3 is 14.2 Å². The van der Waals surface area contributed by atoms with Crippen molar-refractivity contribution in [3.8, 4) is 33.9 Å². The van der Waals surface area contributed by atoms with Gasteiger partial charge in [-0.2, -0.15) is 0 Å². The van der Waals surface area contributed by atoms with Crippen LogP contribution in [0.3, 0.4) is 0 Å². The Morgan fingerprint density at radius 3 is 2.07 bits per heavy atom. The van der Waals surface area contributed by atoms with Crippen molar-refractivity contribution < 1.29 is 30.8 Å². The van der Waals surface area contributed by atoms with Crippen molar-refractivity contribution in [1.29, 1.82) is 0 Å². The minimum atomic E-state index is -3.71. The van der Waals surface area contributed by atoms with Gasteiger partial charge in [0.1, 0.15) is 28.5 Å². The van der Waals surface area contributed by atoms with Crippen LogP contribution < -0.4 is 9.62 Å². The largest absolute Gasteiger partial charge is 0.455 e. The van der Waals surface area contributed by atoms with Gasteiger partial charge in [0, 0.05) is 42.2 Å². The number of aromatic nitrogens is 1. The predicted molar refractivity (Wildman–Crippen MR) is 157 cm³/mol. The molecule has 11 heteroatoms. The van der Waals surface area contributed by atoms with E-state index in [1.165, 1.54) is 50.5 Å². The molecule has 2 heterocycles. The number of oxazole rings is 1. The van der Waals surface area contributed by atoms with Gasteiger partial charge in [0.15, 0.2) is 5.58 Å². The molecule has 0 aliphatic rings. The third kappa shape index (κ3) is 4.77. The smallest absolute Gasteiger partial charge is 0.255 e. The summed E-state index contributed by atoms with van der Waals surface area (Å²) in [6, 6.07) is 19.7. The molecular weight excluding hydrogens is 564 g/mol. The Morgan fingerprint density at radius 1 is 0.833 bits per heavy atom. The molecule has 212 valence electrons. The molecule has 8 nitrogen and oxygen atoms in total.